The molecule has 78 valence electrons. The van der Waals surface area contributed by atoms with E-state index in [0.29, 0.717) is 5.17 Å². The molecule has 0 aliphatic heterocycles. The van der Waals surface area contributed by atoms with Crippen molar-refractivity contribution in [1.82, 2.24) is 4.90 Å². The Kier molecular flexibility index (Phi) is 2.88. The quantitative estimate of drug-likeness (QED) is 0.707. The number of hydrogen-bond acceptors (Lipinski definition) is 3. The minimum absolute atomic E-state index is 0.480. The van der Waals surface area contributed by atoms with Crippen LogP contribution in [0.5, 0.6) is 5.75 Å². The van der Waals surface area contributed by atoms with Crippen molar-refractivity contribution >= 4 is 38.8 Å². The smallest absolute Gasteiger partial charge is 0.264 e. The van der Waals surface area contributed by atoms with Crippen LogP contribution >= 0.6 is 23.6 Å². The Labute approximate surface area is 98.1 Å². The van der Waals surface area contributed by atoms with Crippen molar-refractivity contribution in [2.75, 3.05) is 14.1 Å². The first-order valence-electron chi connectivity index (χ1n) is 4.54. The van der Waals surface area contributed by atoms with E-state index in [1.54, 1.807) is 16.2 Å². The van der Waals surface area contributed by atoms with Crippen molar-refractivity contribution in [3.05, 3.63) is 29.6 Å². The normalized spacial score (nSPS) is 10.3. The molecule has 0 aliphatic carbocycles. The van der Waals surface area contributed by atoms with Gasteiger partial charge in [0.25, 0.3) is 5.17 Å². The predicted octanol–water partition coefficient (Wildman–Crippen LogP) is 3.13. The Balaban J connectivity index is 2.35. The molecule has 0 saturated carbocycles. The van der Waals surface area contributed by atoms with E-state index in [1.807, 2.05) is 32.3 Å². The molecule has 0 aliphatic rings. The Morgan fingerprint density at radius 3 is 2.87 bits per heavy atom. The molecule has 0 saturated heterocycles. The number of rotatable bonds is 1. The summed E-state index contributed by atoms with van der Waals surface area (Å²) in [5.74, 6) is 0.826. The minimum Gasteiger partial charge on any atom is -0.431 e. The van der Waals surface area contributed by atoms with Gasteiger partial charge in [-0.2, -0.15) is 0 Å². The van der Waals surface area contributed by atoms with Crippen LogP contribution in [0.3, 0.4) is 0 Å². The summed E-state index contributed by atoms with van der Waals surface area (Å²) < 4.78 is 6.83. The van der Waals surface area contributed by atoms with Gasteiger partial charge in [-0.15, -0.1) is 11.3 Å². The number of ether oxygens (including phenoxy) is 1. The molecule has 0 fully saturated rings. The molecule has 2 nitrogen and oxygen atoms in total. The highest BCUT2D eigenvalue weighted by molar-refractivity contribution is 7.80. The Morgan fingerprint density at radius 2 is 2.13 bits per heavy atom. The van der Waals surface area contributed by atoms with Gasteiger partial charge in [0.1, 0.15) is 5.75 Å². The van der Waals surface area contributed by atoms with Crippen molar-refractivity contribution < 1.29 is 4.74 Å². The van der Waals surface area contributed by atoms with E-state index in [0.717, 1.165) is 11.1 Å². The SMILES string of the molecule is CN(C)C(=S)Oc1cccc2sccc12. The lowest BCUT2D eigenvalue weighted by Crippen LogP contribution is -2.24. The van der Waals surface area contributed by atoms with E-state index in [4.69, 9.17) is 17.0 Å². The minimum atomic E-state index is 0.480. The van der Waals surface area contributed by atoms with Crippen molar-refractivity contribution in [2.24, 2.45) is 0 Å². The van der Waals surface area contributed by atoms with E-state index >= 15 is 0 Å². The van der Waals surface area contributed by atoms with Crippen molar-refractivity contribution in [2.45, 2.75) is 0 Å². The van der Waals surface area contributed by atoms with Crippen LogP contribution in [0.4, 0.5) is 0 Å². The van der Waals surface area contributed by atoms with Gasteiger partial charge in [0.2, 0.25) is 0 Å². The third-order valence-electron chi connectivity index (χ3n) is 2.02. The molecule has 15 heavy (non-hydrogen) atoms. The van der Waals surface area contributed by atoms with Gasteiger partial charge in [-0.3, -0.25) is 0 Å². The van der Waals surface area contributed by atoms with Gasteiger partial charge >= 0.3 is 0 Å². The second kappa shape index (κ2) is 4.16. The fourth-order valence-electron chi connectivity index (χ4n) is 1.24. The molecule has 0 unspecified atom stereocenters. The third kappa shape index (κ3) is 2.11. The zero-order valence-electron chi connectivity index (χ0n) is 8.56. The van der Waals surface area contributed by atoms with E-state index in [2.05, 4.69) is 11.4 Å². The molecule has 0 N–H and O–H groups in total. The average Bonchev–Trinajstić information content (AvgIpc) is 2.66. The summed E-state index contributed by atoms with van der Waals surface area (Å²) in [4.78, 5) is 1.78. The van der Waals surface area contributed by atoms with Gasteiger partial charge in [-0.05, 0) is 35.8 Å². The van der Waals surface area contributed by atoms with Crippen LogP contribution in [-0.2, 0) is 0 Å². The van der Waals surface area contributed by atoms with Crippen molar-refractivity contribution in [3.63, 3.8) is 0 Å². The molecular formula is C11H11NOS2. The summed E-state index contributed by atoms with van der Waals surface area (Å²) in [5, 5.41) is 3.65. The van der Waals surface area contributed by atoms with Crippen LogP contribution in [0.25, 0.3) is 10.1 Å². The molecule has 1 aromatic carbocycles. The first-order chi connectivity index (χ1) is 7.18. The molecule has 4 heteroatoms. The largest absolute Gasteiger partial charge is 0.431 e. The Hall–Kier alpha value is -1.13. The lowest BCUT2D eigenvalue weighted by atomic mass is 10.2. The molecule has 1 heterocycles. The highest BCUT2D eigenvalue weighted by Gasteiger charge is 2.06. The zero-order valence-corrected chi connectivity index (χ0v) is 10.2. The second-order valence-electron chi connectivity index (χ2n) is 3.35. The highest BCUT2D eigenvalue weighted by Crippen LogP contribution is 2.29. The van der Waals surface area contributed by atoms with Crippen LogP contribution in [0.2, 0.25) is 0 Å². The maximum absolute atomic E-state index is 5.61. The van der Waals surface area contributed by atoms with Gasteiger partial charge < -0.3 is 9.64 Å². The number of benzene rings is 1. The van der Waals surface area contributed by atoms with Crippen LogP contribution in [-0.4, -0.2) is 24.2 Å². The lowest BCUT2D eigenvalue weighted by molar-refractivity contribution is 0.453. The summed E-state index contributed by atoms with van der Waals surface area (Å²) >= 11 is 6.80. The fraction of sp³-hybridized carbons (Fsp3) is 0.182. The summed E-state index contributed by atoms with van der Waals surface area (Å²) in [7, 11) is 3.74. The molecule has 0 amide bonds. The molecule has 0 bridgehead atoms. The summed E-state index contributed by atoms with van der Waals surface area (Å²) in [6, 6.07) is 8.04. The van der Waals surface area contributed by atoms with Crippen molar-refractivity contribution in [3.8, 4) is 5.75 Å². The molecule has 1 aromatic heterocycles. The highest BCUT2D eigenvalue weighted by atomic mass is 32.1. The zero-order chi connectivity index (χ0) is 10.8. The summed E-state index contributed by atoms with van der Waals surface area (Å²) in [6.45, 7) is 0. The number of hydrogen-bond donors (Lipinski definition) is 0. The molecule has 0 spiro atoms. The van der Waals surface area contributed by atoms with Gasteiger partial charge in [-0.1, -0.05) is 6.07 Å². The fourth-order valence-corrected chi connectivity index (χ4v) is 2.13. The first kappa shape index (κ1) is 10.4. The maximum atomic E-state index is 5.61. The lowest BCUT2D eigenvalue weighted by Gasteiger charge is -2.14. The second-order valence-corrected chi connectivity index (χ2v) is 4.65. The average molecular weight is 237 g/mol. The van der Waals surface area contributed by atoms with E-state index in [9.17, 15) is 0 Å². The van der Waals surface area contributed by atoms with Crippen molar-refractivity contribution in [1.29, 1.82) is 0 Å². The van der Waals surface area contributed by atoms with E-state index < -0.39 is 0 Å². The molecule has 0 atom stereocenters. The number of thiocarbonyl (C=S) groups is 1. The van der Waals surface area contributed by atoms with Crippen LogP contribution in [0, 0.1) is 0 Å². The molecule has 2 rings (SSSR count). The third-order valence-corrected chi connectivity index (χ3v) is 3.35. The molecular weight excluding hydrogens is 226 g/mol. The number of thiophene rings is 1. The molecule has 2 aromatic rings. The maximum Gasteiger partial charge on any atom is 0.264 e. The summed E-state index contributed by atoms with van der Waals surface area (Å²) in [6.07, 6.45) is 0. The van der Waals surface area contributed by atoms with Gasteiger partial charge in [0.15, 0.2) is 0 Å². The van der Waals surface area contributed by atoms with Gasteiger partial charge in [0, 0.05) is 24.2 Å². The van der Waals surface area contributed by atoms with Crippen LogP contribution in [0.1, 0.15) is 0 Å². The standard InChI is InChI=1S/C11H11NOS2/c1-12(2)11(14)13-9-4-3-5-10-8(9)6-7-15-10/h3-7H,1-2H3. The van der Waals surface area contributed by atoms with Gasteiger partial charge in [0.05, 0.1) is 0 Å². The molecule has 0 radical (unpaired) electrons. The number of fused-ring (bicyclic) bond motifs is 1. The van der Waals surface area contributed by atoms with Gasteiger partial charge in [-0.25, -0.2) is 0 Å². The predicted molar refractivity (Wildman–Crippen MR) is 68.7 cm³/mol. The number of nitrogens with zero attached hydrogens (tertiary/aromatic N) is 1. The first-order valence-corrected chi connectivity index (χ1v) is 5.82. The monoisotopic (exact) mass is 237 g/mol. The topological polar surface area (TPSA) is 12.5 Å². The Bertz CT molecular complexity index is 490. The Morgan fingerprint density at radius 1 is 1.33 bits per heavy atom. The van der Waals surface area contributed by atoms with Crippen LogP contribution in [0.15, 0.2) is 29.6 Å². The summed E-state index contributed by atoms with van der Waals surface area (Å²) in [5.41, 5.74) is 0. The van der Waals surface area contributed by atoms with Crippen LogP contribution < -0.4 is 4.74 Å². The van der Waals surface area contributed by atoms with E-state index in [1.165, 1.54) is 4.70 Å². The van der Waals surface area contributed by atoms with E-state index in [-0.39, 0.29) is 0 Å².